The molecule has 1 aromatic rings. The predicted octanol–water partition coefficient (Wildman–Crippen LogP) is 0.413. The molecule has 0 aliphatic carbocycles. The van der Waals surface area contributed by atoms with Gasteiger partial charge in [0.25, 0.3) is 0 Å². The first-order valence-electron chi connectivity index (χ1n) is 5.22. The minimum atomic E-state index is -0.813. The molecule has 1 saturated heterocycles. The fourth-order valence-corrected chi connectivity index (χ4v) is 1.72. The maximum atomic E-state index is 10.7. The molecular formula is C11H14N2O3. The second-order valence-corrected chi connectivity index (χ2v) is 3.83. The molecule has 5 heteroatoms. The number of nitrogens with one attached hydrogen (secondary N) is 1. The standard InChI is InChI=1S/C11H14N2O3/c14-11(15)10-4-9(6-13-10)16-7-8-2-1-3-12-5-8/h1-3,5,9-10,13H,4,6-7H2,(H,14,15)/t9-,10-/m0/s1. The number of carboxylic acid groups (broad SMARTS) is 1. The molecule has 0 radical (unpaired) electrons. The van der Waals surface area contributed by atoms with E-state index in [4.69, 9.17) is 9.84 Å². The number of ether oxygens (including phenoxy) is 1. The molecule has 0 unspecified atom stereocenters. The largest absolute Gasteiger partial charge is 0.480 e. The number of rotatable bonds is 4. The molecule has 2 atom stereocenters. The van der Waals surface area contributed by atoms with Crippen molar-refractivity contribution >= 4 is 5.97 Å². The minimum Gasteiger partial charge on any atom is -0.480 e. The Kier molecular flexibility index (Phi) is 3.48. The average molecular weight is 222 g/mol. The average Bonchev–Trinajstić information content (AvgIpc) is 2.76. The number of aromatic nitrogens is 1. The van der Waals surface area contributed by atoms with E-state index in [1.54, 1.807) is 12.4 Å². The molecule has 1 aliphatic heterocycles. The third-order valence-corrected chi connectivity index (χ3v) is 2.60. The second kappa shape index (κ2) is 5.05. The third kappa shape index (κ3) is 2.77. The molecule has 2 N–H and O–H groups in total. The Balaban J connectivity index is 1.78. The van der Waals surface area contributed by atoms with Crippen LogP contribution in [0.4, 0.5) is 0 Å². The summed E-state index contributed by atoms with van der Waals surface area (Å²) in [5.41, 5.74) is 1.00. The van der Waals surface area contributed by atoms with Crippen molar-refractivity contribution in [1.82, 2.24) is 10.3 Å². The van der Waals surface area contributed by atoms with Crippen LogP contribution in [0.3, 0.4) is 0 Å². The number of hydrogen-bond acceptors (Lipinski definition) is 4. The van der Waals surface area contributed by atoms with Crippen LogP contribution >= 0.6 is 0 Å². The zero-order valence-electron chi connectivity index (χ0n) is 8.80. The zero-order valence-corrected chi connectivity index (χ0v) is 8.80. The first kappa shape index (κ1) is 11.0. The summed E-state index contributed by atoms with van der Waals surface area (Å²) in [6.07, 6.45) is 3.95. The van der Waals surface area contributed by atoms with Gasteiger partial charge >= 0.3 is 5.97 Å². The van der Waals surface area contributed by atoms with Crippen molar-refractivity contribution in [2.45, 2.75) is 25.2 Å². The van der Waals surface area contributed by atoms with Gasteiger partial charge in [-0.15, -0.1) is 0 Å². The molecule has 5 nitrogen and oxygen atoms in total. The van der Waals surface area contributed by atoms with E-state index in [9.17, 15) is 4.79 Å². The molecule has 0 aromatic carbocycles. The van der Waals surface area contributed by atoms with Gasteiger partial charge in [0.2, 0.25) is 0 Å². The van der Waals surface area contributed by atoms with Crippen LogP contribution in [0.15, 0.2) is 24.5 Å². The zero-order chi connectivity index (χ0) is 11.4. The lowest BCUT2D eigenvalue weighted by molar-refractivity contribution is -0.139. The molecule has 16 heavy (non-hydrogen) atoms. The van der Waals surface area contributed by atoms with Crippen LogP contribution in [0.2, 0.25) is 0 Å². The lowest BCUT2D eigenvalue weighted by Gasteiger charge is -2.10. The van der Waals surface area contributed by atoms with Crippen LogP contribution in [0.1, 0.15) is 12.0 Å². The van der Waals surface area contributed by atoms with Crippen molar-refractivity contribution in [2.75, 3.05) is 6.54 Å². The van der Waals surface area contributed by atoms with E-state index >= 15 is 0 Å². The Bertz CT molecular complexity index is 356. The lowest BCUT2D eigenvalue weighted by atomic mass is 10.2. The highest BCUT2D eigenvalue weighted by atomic mass is 16.5. The summed E-state index contributed by atoms with van der Waals surface area (Å²) < 4.78 is 5.60. The molecule has 1 fully saturated rings. The van der Waals surface area contributed by atoms with Crippen LogP contribution in [-0.2, 0) is 16.1 Å². The van der Waals surface area contributed by atoms with Crippen molar-refractivity contribution in [3.8, 4) is 0 Å². The van der Waals surface area contributed by atoms with Gasteiger partial charge in [-0.3, -0.25) is 9.78 Å². The quantitative estimate of drug-likeness (QED) is 0.772. The highest BCUT2D eigenvalue weighted by molar-refractivity contribution is 5.73. The molecule has 0 saturated carbocycles. The number of carbonyl (C=O) groups is 1. The number of aliphatic carboxylic acids is 1. The van der Waals surface area contributed by atoms with Crippen molar-refractivity contribution in [1.29, 1.82) is 0 Å². The predicted molar refractivity (Wildman–Crippen MR) is 56.9 cm³/mol. The van der Waals surface area contributed by atoms with Crippen LogP contribution in [0, 0.1) is 0 Å². The Morgan fingerprint density at radius 1 is 1.69 bits per heavy atom. The second-order valence-electron chi connectivity index (χ2n) is 3.83. The summed E-state index contributed by atoms with van der Waals surface area (Å²) in [6.45, 7) is 1.07. The molecule has 2 rings (SSSR count). The smallest absolute Gasteiger partial charge is 0.320 e. The van der Waals surface area contributed by atoms with E-state index in [1.807, 2.05) is 12.1 Å². The van der Waals surface area contributed by atoms with Gasteiger partial charge in [0.1, 0.15) is 6.04 Å². The third-order valence-electron chi connectivity index (χ3n) is 2.60. The molecule has 0 amide bonds. The molecule has 1 aliphatic rings. The molecule has 2 heterocycles. The van der Waals surface area contributed by atoms with E-state index in [0.717, 1.165) is 5.56 Å². The number of pyridine rings is 1. The Hall–Kier alpha value is -1.46. The van der Waals surface area contributed by atoms with Crippen LogP contribution in [0.5, 0.6) is 0 Å². The van der Waals surface area contributed by atoms with E-state index in [-0.39, 0.29) is 6.10 Å². The summed E-state index contributed by atoms with van der Waals surface area (Å²) in [6, 6.07) is 3.31. The number of nitrogens with zero attached hydrogens (tertiary/aromatic N) is 1. The monoisotopic (exact) mass is 222 g/mol. The summed E-state index contributed by atoms with van der Waals surface area (Å²) in [7, 11) is 0. The fourth-order valence-electron chi connectivity index (χ4n) is 1.72. The summed E-state index contributed by atoms with van der Waals surface area (Å²) >= 11 is 0. The van der Waals surface area contributed by atoms with Gasteiger partial charge in [-0.2, -0.15) is 0 Å². The van der Waals surface area contributed by atoms with Crippen LogP contribution in [-0.4, -0.2) is 34.8 Å². The summed E-state index contributed by atoms with van der Waals surface area (Å²) in [5.74, 6) is -0.813. The molecule has 0 spiro atoms. The fraction of sp³-hybridized carbons (Fsp3) is 0.455. The normalized spacial score (nSPS) is 24.5. The van der Waals surface area contributed by atoms with E-state index in [2.05, 4.69) is 10.3 Å². The summed E-state index contributed by atoms with van der Waals surface area (Å²) in [4.78, 5) is 14.7. The van der Waals surface area contributed by atoms with Crippen LogP contribution < -0.4 is 5.32 Å². The van der Waals surface area contributed by atoms with Crippen molar-refractivity contribution in [3.05, 3.63) is 30.1 Å². The maximum Gasteiger partial charge on any atom is 0.320 e. The van der Waals surface area contributed by atoms with Gasteiger partial charge < -0.3 is 15.2 Å². The maximum absolute atomic E-state index is 10.7. The van der Waals surface area contributed by atoms with Gasteiger partial charge in [-0.25, -0.2) is 0 Å². The Morgan fingerprint density at radius 3 is 3.19 bits per heavy atom. The molecule has 0 bridgehead atoms. The Morgan fingerprint density at radius 2 is 2.56 bits per heavy atom. The molecule has 86 valence electrons. The van der Waals surface area contributed by atoms with E-state index in [1.165, 1.54) is 0 Å². The first-order valence-corrected chi connectivity index (χ1v) is 5.22. The van der Waals surface area contributed by atoms with Gasteiger partial charge in [-0.05, 0) is 11.6 Å². The van der Waals surface area contributed by atoms with Gasteiger partial charge in [0, 0.05) is 25.4 Å². The van der Waals surface area contributed by atoms with Crippen LogP contribution in [0.25, 0.3) is 0 Å². The van der Waals surface area contributed by atoms with Gasteiger partial charge in [-0.1, -0.05) is 6.07 Å². The van der Waals surface area contributed by atoms with Gasteiger partial charge in [0.05, 0.1) is 12.7 Å². The summed E-state index contributed by atoms with van der Waals surface area (Å²) in [5, 5.41) is 11.7. The Labute approximate surface area is 93.5 Å². The number of hydrogen-bond donors (Lipinski definition) is 2. The first-order chi connectivity index (χ1) is 7.75. The topological polar surface area (TPSA) is 71.5 Å². The molecule has 1 aromatic heterocycles. The molecular weight excluding hydrogens is 208 g/mol. The highest BCUT2D eigenvalue weighted by Gasteiger charge is 2.29. The highest BCUT2D eigenvalue weighted by Crippen LogP contribution is 2.12. The van der Waals surface area contributed by atoms with E-state index in [0.29, 0.717) is 19.6 Å². The van der Waals surface area contributed by atoms with Gasteiger partial charge in [0.15, 0.2) is 0 Å². The van der Waals surface area contributed by atoms with E-state index < -0.39 is 12.0 Å². The van der Waals surface area contributed by atoms with Crippen molar-refractivity contribution < 1.29 is 14.6 Å². The van der Waals surface area contributed by atoms with Crippen molar-refractivity contribution in [3.63, 3.8) is 0 Å². The minimum absolute atomic E-state index is 0.0266. The number of carboxylic acids is 1. The SMILES string of the molecule is O=C(O)[C@@H]1C[C@H](OCc2cccnc2)CN1. The van der Waals surface area contributed by atoms with Crippen molar-refractivity contribution in [2.24, 2.45) is 0 Å². The lowest BCUT2D eigenvalue weighted by Crippen LogP contribution is -2.29.